The molecule has 0 amide bonds. The fourth-order valence-corrected chi connectivity index (χ4v) is 1.03. The number of hydrogen-bond donors (Lipinski definition) is 0. The third kappa shape index (κ3) is 2.09. The molecule has 0 spiro atoms. The van der Waals surface area contributed by atoms with E-state index in [1.165, 1.54) is 14.2 Å². The molecule has 2 unspecified atom stereocenters. The van der Waals surface area contributed by atoms with Gasteiger partial charge in [-0.05, 0) is 0 Å². The number of hydrogen-bond acceptors (Lipinski definition) is 5. The van der Waals surface area contributed by atoms with Crippen molar-refractivity contribution in [2.75, 3.05) is 20.8 Å². The van der Waals surface area contributed by atoms with Crippen LogP contribution < -0.4 is 0 Å². The lowest BCUT2D eigenvalue weighted by atomic mass is 10.2. The molecule has 0 radical (unpaired) electrons. The summed E-state index contributed by atoms with van der Waals surface area (Å²) in [7, 11) is 2.99. The summed E-state index contributed by atoms with van der Waals surface area (Å²) in [6.07, 6.45) is -1.03. The Labute approximate surface area is 70.5 Å². The van der Waals surface area contributed by atoms with Gasteiger partial charge in [0.05, 0.1) is 6.61 Å². The van der Waals surface area contributed by atoms with Gasteiger partial charge in [-0.15, -0.1) is 0 Å². The van der Waals surface area contributed by atoms with Crippen molar-refractivity contribution < 1.29 is 23.7 Å². The van der Waals surface area contributed by atoms with Crippen molar-refractivity contribution in [3.8, 4) is 0 Å². The van der Waals surface area contributed by atoms with E-state index in [1.54, 1.807) is 0 Å². The number of methoxy groups -OCH3 is 2. The predicted octanol–water partition coefficient (Wildman–Crippen LogP) is 0.531. The zero-order valence-corrected chi connectivity index (χ0v) is 7.11. The standard InChI is InChI=1S/C7H12O5/c1-9-5-3-4-11-7(8)12-6(5)10-2/h5-6H,3-4H2,1-2H3. The molecule has 0 aromatic rings. The Morgan fingerprint density at radius 2 is 2.17 bits per heavy atom. The minimum Gasteiger partial charge on any atom is -0.434 e. The second kappa shape index (κ2) is 4.27. The molecule has 12 heavy (non-hydrogen) atoms. The molecular weight excluding hydrogens is 164 g/mol. The Morgan fingerprint density at radius 3 is 2.75 bits per heavy atom. The van der Waals surface area contributed by atoms with E-state index in [9.17, 15) is 4.79 Å². The van der Waals surface area contributed by atoms with Crippen LogP contribution in [0.15, 0.2) is 0 Å². The van der Waals surface area contributed by atoms with Crippen molar-refractivity contribution in [2.24, 2.45) is 0 Å². The Morgan fingerprint density at radius 1 is 1.42 bits per heavy atom. The summed E-state index contributed by atoms with van der Waals surface area (Å²) in [5, 5.41) is 0. The molecule has 2 atom stereocenters. The smallest absolute Gasteiger partial charge is 0.434 e. The minimum atomic E-state index is -0.707. The quantitative estimate of drug-likeness (QED) is 0.574. The van der Waals surface area contributed by atoms with Crippen LogP contribution in [0.5, 0.6) is 0 Å². The zero-order chi connectivity index (χ0) is 8.97. The van der Waals surface area contributed by atoms with E-state index < -0.39 is 12.4 Å². The van der Waals surface area contributed by atoms with Crippen LogP contribution in [0.3, 0.4) is 0 Å². The van der Waals surface area contributed by atoms with Crippen LogP contribution in [-0.4, -0.2) is 39.4 Å². The molecule has 0 saturated carbocycles. The van der Waals surface area contributed by atoms with Gasteiger partial charge in [0.1, 0.15) is 6.10 Å². The fourth-order valence-electron chi connectivity index (χ4n) is 1.03. The number of carbonyl (C=O) groups excluding carboxylic acids is 1. The number of ether oxygens (including phenoxy) is 4. The van der Waals surface area contributed by atoms with E-state index in [1.807, 2.05) is 0 Å². The number of cyclic esters (lactones) is 2. The normalized spacial score (nSPS) is 30.3. The van der Waals surface area contributed by atoms with E-state index in [4.69, 9.17) is 14.2 Å². The molecule has 1 heterocycles. The van der Waals surface area contributed by atoms with Gasteiger partial charge < -0.3 is 18.9 Å². The van der Waals surface area contributed by atoms with Crippen LogP contribution in [0, 0.1) is 0 Å². The highest BCUT2D eigenvalue weighted by Gasteiger charge is 2.29. The van der Waals surface area contributed by atoms with Crippen molar-refractivity contribution in [2.45, 2.75) is 18.8 Å². The molecule has 0 N–H and O–H groups in total. The SMILES string of the molecule is COC1CCOC(=O)OC1OC. The van der Waals surface area contributed by atoms with Gasteiger partial charge in [-0.2, -0.15) is 0 Å². The Kier molecular flexibility index (Phi) is 3.31. The summed E-state index contributed by atoms with van der Waals surface area (Å²) in [5.74, 6) is 0. The van der Waals surface area contributed by atoms with Crippen LogP contribution in [0.2, 0.25) is 0 Å². The Bertz CT molecular complexity index is 158. The summed E-state index contributed by atoms with van der Waals surface area (Å²) in [5.41, 5.74) is 0. The van der Waals surface area contributed by atoms with Gasteiger partial charge in [0.2, 0.25) is 6.29 Å². The van der Waals surface area contributed by atoms with Crippen molar-refractivity contribution >= 4 is 6.16 Å². The van der Waals surface area contributed by atoms with Gasteiger partial charge >= 0.3 is 6.16 Å². The van der Waals surface area contributed by atoms with Crippen molar-refractivity contribution in [3.63, 3.8) is 0 Å². The highest BCUT2D eigenvalue weighted by molar-refractivity contribution is 5.60. The predicted molar refractivity (Wildman–Crippen MR) is 38.6 cm³/mol. The third-order valence-corrected chi connectivity index (χ3v) is 1.67. The van der Waals surface area contributed by atoms with E-state index in [-0.39, 0.29) is 6.10 Å². The fraction of sp³-hybridized carbons (Fsp3) is 0.857. The van der Waals surface area contributed by atoms with Gasteiger partial charge in [0, 0.05) is 20.6 Å². The molecule has 0 aromatic heterocycles. The molecule has 0 aliphatic carbocycles. The van der Waals surface area contributed by atoms with E-state index in [0.29, 0.717) is 13.0 Å². The van der Waals surface area contributed by atoms with Crippen LogP contribution in [-0.2, 0) is 18.9 Å². The van der Waals surface area contributed by atoms with E-state index >= 15 is 0 Å². The summed E-state index contributed by atoms with van der Waals surface area (Å²) in [4.78, 5) is 10.7. The number of carbonyl (C=O) groups is 1. The molecule has 1 saturated heterocycles. The summed E-state index contributed by atoms with van der Waals surface area (Å²) in [6.45, 7) is 0.303. The van der Waals surface area contributed by atoms with Crippen LogP contribution in [0.25, 0.3) is 0 Å². The van der Waals surface area contributed by atoms with Gasteiger partial charge in [-0.25, -0.2) is 4.79 Å². The third-order valence-electron chi connectivity index (χ3n) is 1.67. The maximum Gasteiger partial charge on any atom is 0.510 e. The van der Waals surface area contributed by atoms with Gasteiger partial charge in [0.25, 0.3) is 0 Å². The second-order valence-corrected chi connectivity index (χ2v) is 2.38. The highest BCUT2D eigenvalue weighted by atomic mass is 16.8. The molecule has 1 aliphatic rings. The van der Waals surface area contributed by atoms with E-state index in [0.717, 1.165) is 0 Å². The summed E-state index contributed by atoms with van der Waals surface area (Å²) >= 11 is 0. The molecule has 0 bridgehead atoms. The maximum absolute atomic E-state index is 10.7. The second-order valence-electron chi connectivity index (χ2n) is 2.38. The first-order chi connectivity index (χ1) is 5.77. The van der Waals surface area contributed by atoms with Gasteiger partial charge in [-0.1, -0.05) is 0 Å². The van der Waals surface area contributed by atoms with E-state index in [2.05, 4.69) is 4.74 Å². The lowest BCUT2D eigenvalue weighted by molar-refractivity contribution is -0.154. The van der Waals surface area contributed by atoms with Gasteiger partial charge in [0.15, 0.2) is 0 Å². The molecule has 1 rings (SSSR count). The first kappa shape index (κ1) is 9.28. The minimum absolute atomic E-state index is 0.249. The first-order valence-electron chi connectivity index (χ1n) is 3.67. The molecule has 70 valence electrons. The van der Waals surface area contributed by atoms with Crippen LogP contribution >= 0.6 is 0 Å². The lowest BCUT2D eigenvalue weighted by Gasteiger charge is -2.19. The monoisotopic (exact) mass is 176 g/mol. The number of rotatable bonds is 2. The molecule has 5 heteroatoms. The topological polar surface area (TPSA) is 54.0 Å². The van der Waals surface area contributed by atoms with Crippen LogP contribution in [0.4, 0.5) is 4.79 Å². The average molecular weight is 176 g/mol. The maximum atomic E-state index is 10.7. The van der Waals surface area contributed by atoms with Crippen molar-refractivity contribution in [1.82, 2.24) is 0 Å². The average Bonchev–Trinajstić information content (AvgIpc) is 2.26. The molecule has 1 fully saturated rings. The largest absolute Gasteiger partial charge is 0.510 e. The Hall–Kier alpha value is -0.810. The summed E-state index contributed by atoms with van der Waals surface area (Å²) < 4.78 is 19.3. The van der Waals surface area contributed by atoms with Gasteiger partial charge in [-0.3, -0.25) is 0 Å². The molecule has 1 aliphatic heterocycles. The van der Waals surface area contributed by atoms with Crippen molar-refractivity contribution in [3.05, 3.63) is 0 Å². The molecule has 0 aromatic carbocycles. The zero-order valence-electron chi connectivity index (χ0n) is 7.11. The Balaban J connectivity index is 2.55. The molecular formula is C7H12O5. The van der Waals surface area contributed by atoms with Crippen LogP contribution in [0.1, 0.15) is 6.42 Å². The summed E-state index contributed by atoms with van der Waals surface area (Å²) in [6, 6.07) is 0. The molecule has 5 nitrogen and oxygen atoms in total. The van der Waals surface area contributed by atoms with Crippen molar-refractivity contribution in [1.29, 1.82) is 0 Å². The first-order valence-corrected chi connectivity index (χ1v) is 3.67. The highest BCUT2D eigenvalue weighted by Crippen LogP contribution is 2.13. The lowest BCUT2D eigenvalue weighted by Crippen LogP contribution is -2.32.